The maximum Gasteiger partial charge on any atom is 0.240 e. The fraction of sp³-hybridized carbons (Fsp3) is 0.517. The lowest BCUT2D eigenvalue weighted by atomic mass is 9.81. The van der Waals surface area contributed by atoms with Crippen LogP contribution in [0, 0.1) is 11.8 Å². The number of carbonyl (C=O) groups excluding carboxylic acids is 2. The Morgan fingerprint density at radius 3 is 2.33 bits per heavy atom. The molecule has 0 spiro atoms. The highest BCUT2D eigenvalue weighted by Crippen LogP contribution is 2.29. The van der Waals surface area contributed by atoms with Crippen LogP contribution in [0.25, 0.3) is 0 Å². The molecule has 218 valence electrons. The van der Waals surface area contributed by atoms with Gasteiger partial charge in [-0.05, 0) is 87.0 Å². The molecule has 40 heavy (non-hydrogen) atoms. The SMILES string of the molecule is CC(=O)Nc1ccc(S(=O)(=O)NCC2CCC(C(=O)NCCCN3CCN(c4cccc(Cl)c4)CC3)CC2)cc1. The number of hydrogen-bond acceptors (Lipinski definition) is 6. The second-order valence-corrected chi connectivity index (χ2v) is 12.9. The summed E-state index contributed by atoms with van der Waals surface area (Å²) in [5.41, 5.74) is 1.72. The highest BCUT2D eigenvalue weighted by molar-refractivity contribution is 7.89. The number of hydrogen-bond donors (Lipinski definition) is 3. The van der Waals surface area contributed by atoms with E-state index in [1.54, 1.807) is 12.1 Å². The second-order valence-electron chi connectivity index (χ2n) is 10.7. The van der Waals surface area contributed by atoms with Crippen molar-refractivity contribution in [3.8, 4) is 0 Å². The average molecular weight is 590 g/mol. The van der Waals surface area contributed by atoms with Crippen LogP contribution in [0.5, 0.6) is 0 Å². The number of rotatable bonds is 11. The van der Waals surface area contributed by atoms with Gasteiger partial charge in [0.2, 0.25) is 21.8 Å². The van der Waals surface area contributed by atoms with Gasteiger partial charge in [-0.2, -0.15) is 0 Å². The number of carbonyl (C=O) groups is 2. The molecule has 0 bridgehead atoms. The molecule has 2 aromatic carbocycles. The van der Waals surface area contributed by atoms with Gasteiger partial charge in [0, 0.05) is 68.5 Å². The Bertz CT molecular complexity index is 1240. The third-order valence-electron chi connectivity index (χ3n) is 7.76. The molecule has 0 radical (unpaired) electrons. The zero-order chi connectivity index (χ0) is 28.5. The molecule has 3 N–H and O–H groups in total. The largest absolute Gasteiger partial charge is 0.369 e. The summed E-state index contributed by atoms with van der Waals surface area (Å²) in [6.07, 6.45) is 4.11. The van der Waals surface area contributed by atoms with Gasteiger partial charge in [0.25, 0.3) is 0 Å². The van der Waals surface area contributed by atoms with Crippen LogP contribution in [0.15, 0.2) is 53.4 Å². The molecule has 1 heterocycles. The van der Waals surface area contributed by atoms with Crippen LogP contribution in [-0.4, -0.2) is 70.9 Å². The molecule has 1 saturated carbocycles. The van der Waals surface area contributed by atoms with E-state index in [2.05, 4.69) is 31.2 Å². The van der Waals surface area contributed by atoms with Crippen molar-refractivity contribution >= 4 is 44.8 Å². The highest BCUT2D eigenvalue weighted by atomic mass is 35.5. The molecule has 0 aromatic heterocycles. The molecule has 2 amide bonds. The van der Waals surface area contributed by atoms with Crippen molar-refractivity contribution in [2.75, 3.05) is 56.0 Å². The zero-order valence-electron chi connectivity index (χ0n) is 23.1. The molecule has 0 atom stereocenters. The minimum absolute atomic E-state index is 0.00424. The first-order chi connectivity index (χ1) is 19.2. The van der Waals surface area contributed by atoms with E-state index in [0.29, 0.717) is 18.8 Å². The summed E-state index contributed by atoms with van der Waals surface area (Å²) in [7, 11) is -3.63. The fourth-order valence-corrected chi connectivity index (χ4v) is 6.72. The summed E-state index contributed by atoms with van der Waals surface area (Å²) < 4.78 is 28.0. The zero-order valence-corrected chi connectivity index (χ0v) is 24.6. The summed E-state index contributed by atoms with van der Waals surface area (Å²) in [5.74, 6) is 0.112. The number of nitrogens with zero attached hydrogens (tertiary/aromatic N) is 2. The monoisotopic (exact) mass is 589 g/mol. The van der Waals surface area contributed by atoms with Crippen LogP contribution < -0.4 is 20.3 Å². The molecule has 11 heteroatoms. The first-order valence-corrected chi connectivity index (χ1v) is 15.9. The van der Waals surface area contributed by atoms with Crippen LogP contribution in [0.2, 0.25) is 5.02 Å². The summed E-state index contributed by atoms with van der Waals surface area (Å²) in [6.45, 7) is 7.33. The van der Waals surface area contributed by atoms with Crippen molar-refractivity contribution in [2.24, 2.45) is 11.8 Å². The molecule has 2 fully saturated rings. The van der Waals surface area contributed by atoms with Gasteiger partial charge in [-0.1, -0.05) is 17.7 Å². The number of benzene rings is 2. The molecule has 2 aliphatic rings. The molecule has 1 aliphatic carbocycles. The molecular weight excluding hydrogens is 550 g/mol. The van der Waals surface area contributed by atoms with E-state index in [9.17, 15) is 18.0 Å². The predicted molar refractivity (Wildman–Crippen MR) is 159 cm³/mol. The topological polar surface area (TPSA) is 111 Å². The van der Waals surface area contributed by atoms with Gasteiger partial charge in [-0.15, -0.1) is 0 Å². The van der Waals surface area contributed by atoms with Crippen molar-refractivity contribution in [1.82, 2.24) is 14.9 Å². The van der Waals surface area contributed by atoms with Gasteiger partial charge < -0.3 is 15.5 Å². The normalized spacial score (nSPS) is 20.2. The summed E-state index contributed by atoms with van der Waals surface area (Å²) in [6, 6.07) is 14.1. The minimum Gasteiger partial charge on any atom is -0.369 e. The van der Waals surface area contributed by atoms with Crippen molar-refractivity contribution in [1.29, 1.82) is 0 Å². The van der Waals surface area contributed by atoms with Crippen LogP contribution in [0.4, 0.5) is 11.4 Å². The van der Waals surface area contributed by atoms with E-state index in [1.807, 2.05) is 18.2 Å². The van der Waals surface area contributed by atoms with E-state index in [-0.39, 0.29) is 28.5 Å². The fourth-order valence-electron chi connectivity index (χ4n) is 5.42. The number of sulfonamides is 1. The molecule has 1 aliphatic heterocycles. The van der Waals surface area contributed by atoms with Crippen molar-refractivity contribution in [2.45, 2.75) is 43.9 Å². The molecule has 4 rings (SSSR count). The average Bonchev–Trinajstić information content (AvgIpc) is 2.95. The van der Waals surface area contributed by atoms with Gasteiger partial charge in [0.1, 0.15) is 0 Å². The van der Waals surface area contributed by atoms with Gasteiger partial charge in [0.15, 0.2) is 0 Å². The maximum atomic E-state index is 12.7. The molecule has 2 aromatic rings. The van der Waals surface area contributed by atoms with Gasteiger partial charge in [-0.25, -0.2) is 13.1 Å². The first kappa shape index (κ1) is 30.3. The molecule has 9 nitrogen and oxygen atoms in total. The second kappa shape index (κ2) is 14.3. The van der Waals surface area contributed by atoms with Crippen molar-refractivity contribution in [3.63, 3.8) is 0 Å². The Labute approximate surface area is 242 Å². The third kappa shape index (κ3) is 8.92. The number of anilines is 2. The maximum absolute atomic E-state index is 12.7. The lowest BCUT2D eigenvalue weighted by Crippen LogP contribution is -2.47. The Balaban J connectivity index is 1.09. The predicted octanol–water partition coefficient (Wildman–Crippen LogP) is 3.71. The highest BCUT2D eigenvalue weighted by Gasteiger charge is 2.27. The first-order valence-electron chi connectivity index (χ1n) is 14.1. The Hall–Kier alpha value is -2.66. The molecule has 0 unspecified atom stereocenters. The molecular formula is C29H40ClN5O4S. The minimum atomic E-state index is -3.63. The third-order valence-corrected chi connectivity index (χ3v) is 9.44. The Morgan fingerprint density at radius 2 is 1.68 bits per heavy atom. The summed E-state index contributed by atoms with van der Waals surface area (Å²) >= 11 is 6.13. The Kier molecular flexibility index (Phi) is 10.8. The van der Waals surface area contributed by atoms with Gasteiger partial charge in [0.05, 0.1) is 4.90 Å². The Morgan fingerprint density at radius 1 is 0.975 bits per heavy atom. The number of amides is 2. The standard InChI is InChI=1S/C29H40ClN5O4S/c1-22(36)33-26-10-12-28(13-11-26)40(38,39)32-21-23-6-8-24(9-7-23)29(37)31-14-3-15-34-16-18-35(19-17-34)27-5-2-4-25(30)20-27/h2,4-5,10-13,20,23-24,32H,3,6-9,14-19,21H2,1H3,(H,31,37)(H,33,36). The van der Waals surface area contributed by atoms with E-state index in [4.69, 9.17) is 11.6 Å². The van der Waals surface area contributed by atoms with Crippen LogP contribution in [0.1, 0.15) is 39.0 Å². The smallest absolute Gasteiger partial charge is 0.240 e. The van der Waals surface area contributed by atoms with E-state index < -0.39 is 10.0 Å². The van der Waals surface area contributed by atoms with E-state index in [0.717, 1.165) is 69.9 Å². The van der Waals surface area contributed by atoms with Gasteiger partial charge in [-0.3, -0.25) is 14.5 Å². The van der Waals surface area contributed by atoms with Gasteiger partial charge >= 0.3 is 0 Å². The number of halogens is 1. The van der Waals surface area contributed by atoms with Crippen LogP contribution in [0.3, 0.4) is 0 Å². The summed E-state index contributed by atoms with van der Waals surface area (Å²) in [5, 5.41) is 6.50. The lowest BCUT2D eigenvalue weighted by Gasteiger charge is -2.36. The van der Waals surface area contributed by atoms with Crippen molar-refractivity contribution < 1.29 is 18.0 Å². The lowest BCUT2D eigenvalue weighted by molar-refractivity contribution is -0.126. The van der Waals surface area contributed by atoms with E-state index in [1.165, 1.54) is 24.7 Å². The quantitative estimate of drug-likeness (QED) is 0.345. The van der Waals surface area contributed by atoms with Crippen LogP contribution >= 0.6 is 11.6 Å². The number of nitrogens with one attached hydrogen (secondary N) is 3. The van der Waals surface area contributed by atoms with E-state index >= 15 is 0 Å². The number of piperazine rings is 1. The summed E-state index contributed by atoms with van der Waals surface area (Å²) in [4.78, 5) is 28.8. The molecule has 1 saturated heterocycles. The van der Waals surface area contributed by atoms with Crippen LogP contribution in [-0.2, 0) is 19.6 Å². The van der Waals surface area contributed by atoms with Crippen molar-refractivity contribution in [3.05, 3.63) is 53.6 Å².